The maximum Gasteiger partial charge on any atom is 0.196 e. The summed E-state index contributed by atoms with van der Waals surface area (Å²) in [6.45, 7) is 2.03. The van der Waals surface area contributed by atoms with E-state index < -0.39 is 5.82 Å². The van der Waals surface area contributed by atoms with Crippen LogP contribution in [0.2, 0.25) is 0 Å². The zero-order valence-electron chi connectivity index (χ0n) is 14.8. The average Bonchev–Trinajstić information content (AvgIpc) is 3.09. The van der Waals surface area contributed by atoms with Gasteiger partial charge in [-0.05, 0) is 42.8 Å². The molecule has 2 aromatic carbocycles. The molecule has 2 heterocycles. The van der Waals surface area contributed by atoms with Crippen molar-refractivity contribution in [3.63, 3.8) is 0 Å². The molecule has 0 saturated heterocycles. The fourth-order valence-electron chi connectivity index (χ4n) is 3.02. The summed E-state index contributed by atoms with van der Waals surface area (Å²) < 4.78 is 20.7. The number of pyridine rings is 1. The van der Waals surface area contributed by atoms with E-state index in [1.807, 2.05) is 41.7 Å². The number of hydrogen-bond donors (Lipinski definition) is 0. The SMILES string of the molecule is COc1ccc(C(=O)CSc2nnc3cc(C)c4ccccc4n23)cc1F. The quantitative estimate of drug-likeness (QED) is 0.381. The monoisotopic (exact) mass is 381 g/mol. The standard InChI is InChI=1S/C20H16FN3O2S/c1-12-9-19-22-23-20(24(19)16-6-4-3-5-14(12)16)27-11-17(25)13-7-8-18(26-2)15(21)10-13/h3-10H,11H2,1-2H3. The van der Waals surface area contributed by atoms with Crippen molar-refractivity contribution < 1.29 is 13.9 Å². The number of fused-ring (bicyclic) bond motifs is 3. The van der Waals surface area contributed by atoms with Crippen molar-refractivity contribution in [2.45, 2.75) is 12.1 Å². The molecule has 0 aliphatic heterocycles. The molecule has 0 saturated carbocycles. The van der Waals surface area contributed by atoms with Gasteiger partial charge in [-0.3, -0.25) is 9.20 Å². The molecule has 0 amide bonds. The predicted molar refractivity (Wildman–Crippen MR) is 103 cm³/mol. The molecular weight excluding hydrogens is 365 g/mol. The van der Waals surface area contributed by atoms with Crippen molar-refractivity contribution in [3.05, 3.63) is 65.5 Å². The molecule has 0 aliphatic carbocycles. The highest BCUT2D eigenvalue weighted by molar-refractivity contribution is 7.99. The van der Waals surface area contributed by atoms with Crippen molar-refractivity contribution in [3.8, 4) is 5.75 Å². The highest BCUT2D eigenvalue weighted by Gasteiger charge is 2.15. The Morgan fingerprint density at radius 3 is 2.78 bits per heavy atom. The summed E-state index contributed by atoms with van der Waals surface area (Å²) in [4.78, 5) is 12.5. The van der Waals surface area contributed by atoms with Gasteiger partial charge in [-0.1, -0.05) is 30.0 Å². The molecule has 0 bridgehead atoms. The van der Waals surface area contributed by atoms with E-state index in [0.717, 1.165) is 22.1 Å². The van der Waals surface area contributed by atoms with Gasteiger partial charge in [0.05, 0.1) is 18.4 Å². The first kappa shape index (κ1) is 17.5. The van der Waals surface area contributed by atoms with Gasteiger partial charge in [-0.2, -0.15) is 0 Å². The highest BCUT2D eigenvalue weighted by atomic mass is 32.2. The van der Waals surface area contributed by atoms with Gasteiger partial charge in [0.15, 0.2) is 28.2 Å². The lowest BCUT2D eigenvalue weighted by Crippen LogP contribution is -2.04. The Bertz CT molecular complexity index is 1170. The van der Waals surface area contributed by atoms with Crippen molar-refractivity contribution in [1.29, 1.82) is 0 Å². The third-order valence-corrected chi connectivity index (χ3v) is 5.31. The van der Waals surface area contributed by atoms with E-state index in [4.69, 9.17) is 4.74 Å². The van der Waals surface area contributed by atoms with Crippen LogP contribution >= 0.6 is 11.8 Å². The van der Waals surface area contributed by atoms with Gasteiger partial charge < -0.3 is 4.74 Å². The van der Waals surface area contributed by atoms with E-state index in [-0.39, 0.29) is 17.3 Å². The number of thioether (sulfide) groups is 1. The predicted octanol–water partition coefficient (Wildman–Crippen LogP) is 4.31. The third kappa shape index (κ3) is 3.14. The second-order valence-electron chi connectivity index (χ2n) is 6.08. The Hall–Kier alpha value is -2.93. The normalized spacial score (nSPS) is 11.2. The summed E-state index contributed by atoms with van der Waals surface area (Å²) in [6.07, 6.45) is 0. The topological polar surface area (TPSA) is 56.5 Å². The molecule has 7 heteroatoms. The van der Waals surface area contributed by atoms with Crippen LogP contribution in [-0.4, -0.2) is 33.2 Å². The fraction of sp³-hybridized carbons (Fsp3) is 0.150. The van der Waals surface area contributed by atoms with Gasteiger partial charge in [-0.25, -0.2) is 4.39 Å². The molecule has 0 N–H and O–H groups in total. The number of nitrogens with zero attached hydrogens (tertiary/aromatic N) is 3. The Morgan fingerprint density at radius 1 is 1.19 bits per heavy atom. The van der Waals surface area contributed by atoms with Crippen molar-refractivity contribution in [2.24, 2.45) is 0 Å². The number of Topliss-reactive ketones (excluding diaryl/α,β-unsaturated/α-hetero) is 1. The van der Waals surface area contributed by atoms with E-state index in [0.29, 0.717) is 10.7 Å². The van der Waals surface area contributed by atoms with Gasteiger partial charge in [0.25, 0.3) is 0 Å². The van der Waals surface area contributed by atoms with Crippen molar-refractivity contribution >= 4 is 34.1 Å². The van der Waals surface area contributed by atoms with Gasteiger partial charge in [-0.15, -0.1) is 10.2 Å². The minimum absolute atomic E-state index is 0.115. The molecule has 0 atom stereocenters. The number of methoxy groups -OCH3 is 1. The van der Waals surface area contributed by atoms with Crippen LogP contribution in [0.4, 0.5) is 4.39 Å². The minimum atomic E-state index is -0.553. The maximum atomic E-state index is 13.8. The van der Waals surface area contributed by atoms with E-state index in [2.05, 4.69) is 10.2 Å². The lowest BCUT2D eigenvalue weighted by molar-refractivity contribution is 0.102. The van der Waals surface area contributed by atoms with Crippen molar-refractivity contribution in [1.82, 2.24) is 14.6 Å². The highest BCUT2D eigenvalue weighted by Crippen LogP contribution is 2.26. The number of ether oxygens (including phenoxy) is 1. The number of para-hydroxylation sites is 1. The molecule has 4 aromatic rings. The molecule has 136 valence electrons. The third-order valence-electron chi connectivity index (χ3n) is 4.38. The molecule has 2 aromatic heterocycles. The summed E-state index contributed by atoms with van der Waals surface area (Å²) in [7, 11) is 1.39. The van der Waals surface area contributed by atoms with Gasteiger partial charge in [0.1, 0.15) is 0 Å². The Balaban J connectivity index is 1.63. The van der Waals surface area contributed by atoms with E-state index in [1.165, 1.54) is 31.0 Å². The van der Waals surface area contributed by atoms with E-state index >= 15 is 0 Å². The zero-order valence-corrected chi connectivity index (χ0v) is 15.6. The molecule has 0 aliphatic rings. The van der Waals surface area contributed by atoms with Gasteiger partial charge >= 0.3 is 0 Å². The number of carbonyl (C=O) groups is 1. The summed E-state index contributed by atoms with van der Waals surface area (Å²) >= 11 is 1.28. The van der Waals surface area contributed by atoms with Crippen LogP contribution in [0, 0.1) is 12.7 Å². The van der Waals surface area contributed by atoms with Crippen LogP contribution in [0.25, 0.3) is 16.6 Å². The number of halogens is 1. The first-order valence-electron chi connectivity index (χ1n) is 8.31. The second kappa shape index (κ2) is 7.00. The molecule has 0 fully saturated rings. The maximum absolute atomic E-state index is 13.8. The Kier molecular flexibility index (Phi) is 4.53. The zero-order chi connectivity index (χ0) is 19.0. The van der Waals surface area contributed by atoms with Crippen LogP contribution in [0.1, 0.15) is 15.9 Å². The van der Waals surface area contributed by atoms with Crippen LogP contribution < -0.4 is 4.74 Å². The molecule has 4 rings (SSSR count). The van der Waals surface area contributed by atoms with Crippen LogP contribution in [0.15, 0.2) is 53.7 Å². The number of aryl methyl sites for hydroxylation is 1. The summed E-state index contributed by atoms with van der Waals surface area (Å²) in [5.41, 5.74) is 3.14. The lowest BCUT2D eigenvalue weighted by atomic mass is 10.1. The number of aromatic nitrogens is 3. The molecule has 27 heavy (non-hydrogen) atoms. The number of carbonyl (C=O) groups excluding carboxylic acids is 1. The van der Waals surface area contributed by atoms with E-state index in [1.54, 1.807) is 6.07 Å². The molecule has 0 spiro atoms. The lowest BCUT2D eigenvalue weighted by Gasteiger charge is -2.07. The molecular formula is C20H16FN3O2S. The number of ketones is 1. The smallest absolute Gasteiger partial charge is 0.196 e. The average molecular weight is 381 g/mol. The second-order valence-corrected chi connectivity index (χ2v) is 7.02. The van der Waals surface area contributed by atoms with Crippen LogP contribution in [0.5, 0.6) is 5.75 Å². The minimum Gasteiger partial charge on any atom is -0.494 e. The molecule has 0 unspecified atom stereocenters. The number of hydrogen-bond acceptors (Lipinski definition) is 5. The van der Waals surface area contributed by atoms with E-state index in [9.17, 15) is 9.18 Å². The molecule has 5 nitrogen and oxygen atoms in total. The fourth-order valence-corrected chi connectivity index (χ4v) is 3.87. The summed E-state index contributed by atoms with van der Waals surface area (Å²) in [6, 6.07) is 14.2. The first-order chi connectivity index (χ1) is 13.1. The van der Waals surface area contributed by atoms with Crippen LogP contribution in [0.3, 0.4) is 0 Å². The summed E-state index contributed by atoms with van der Waals surface area (Å²) in [5, 5.41) is 10.2. The Morgan fingerprint density at radius 2 is 2.00 bits per heavy atom. The van der Waals surface area contributed by atoms with Crippen LogP contribution in [-0.2, 0) is 0 Å². The number of benzene rings is 2. The Labute approximate surface area is 159 Å². The van der Waals surface area contributed by atoms with Gasteiger partial charge in [0.2, 0.25) is 0 Å². The largest absolute Gasteiger partial charge is 0.494 e. The van der Waals surface area contributed by atoms with Crippen molar-refractivity contribution in [2.75, 3.05) is 12.9 Å². The molecule has 0 radical (unpaired) electrons. The van der Waals surface area contributed by atoms with Gasteiger partial charge in [0, 0.05) is 10.9 Å². The summed E-state index contributed by atoms with van der Waals surface area (Å²) in [5.74, 6) is -0.489. The number of rotatable bonds is 5. The first-order valence-corrected chi connectivity index (χ1v) is 9.30.